The molecular weight excluding hydrogens is 337 g/mol. The van der Waals surface area contributed by atoms with E-state index in [0.29, 0.717) is 18.4 Å². The van der Waals surface area contributed by atoms with Crippen LogP contribution < -0.4 is 5.32 Å². The number of alkyl carbamates (subject to hydrolysis) is 1. The molecule has 25 heavy (non-hydrogen) atoms. The minimum atomic E-state index is -4.39. The van der Waals surface area contributed by atoms with Crippen molar-refractivity contribution in [3.63, 3.8) is 0 Å². The average molecular weight is 358 g/mol. The van der Waals surface area contributed by atoms with E-state index in [1.165, 1.54) is 12.1 Å². The van der Waals surface area contributed by atoms with Gasteiger partial charge in [-0.3, -0.25) is 0 Å². The zero-order chi connectivity index (χ0) is 19.1. The molecule has 0 aromatic heterocycles. The Morgan fingerprint density at radius 2 is 1.88 bits per heavy atom. The van der Waals surface area contributed by atoms with Crippen molar-refractivity contribution in [3.8, 4) is 0 Å². The fourth-order valence-electron chi connectivity index (χ4n) is 2.07. The van der Waals surface area contributed by atoms with Crippen LogP contribution in [0.5, 0.6) is 0 Å². The monoisotopic (exact) mass is 358 g/mol. The maximum Gasteiger partial charge on any atom is 0.416 e. The summed E-state index contributed by atoms with van der Waals surface area (Å²) in [5.41, 5.74) is 7.56. The summed E-state index contributed by atoms with van der Waals surface area (Å²) in [6.45, 7) is 5.31. The van der Waals surface area contributed by atoms with Crippen LogP contribution in [-0.4, -0.2) is 24.3 Å². The predicted molar refractivity (Wildman–Crippen MR) is 86.9 cm³/mol. The minimum absolute atomic E-state index is 0.150. The van der Waals surface area contributed by atoms with Crippen LogP contribution in [0.15, 0.2) is 29.4 Å². The first-order valence-electron chi connectivity index (χ1n) is 7.68. The third-order valence-corrected chi connectivity index (χ3v) is 3.13. The van der Waals surface area contributed by atoms with E-state index < -0.39 is 29.5 Å². The summed E-state index contributed by atoms with van der Waals surface area (Å²) in [5, 5.41) is 6.08. The first-order chi connectivity index (χ1) is 11.5. The van der Waals surface area contributed by atoms with Gasteiger partial charge >= 0.3 is 12.3 Å². The molecule has 0 radical (unpaired) electrons. The van der Waals surface area contributed by atoms with Crippen molar-refractivity contribution >= 4 is 6.09 Å². The Labute approximate surface area is 144 Å². The lowest BCUT2D eigenvalue weighted by Gasteiger charge is -2.23. The fraction of sp³-hybridized carbons (Fsp3) is 0.562. The van der Waals surface area contributed by atoms with Crippen LogP contribution in [0.25, 0.3) is 10.4 Å². The van der Waals surface area contributed by atoms with Crippen molar-refractivity contribution in [2.45, 2.75) is 51.4 Å². The highest BCUT2D eigenvalue weighted by molar-refractivity contribution is 5.68. The zero-order valence-corrected chi connectivity index (χ0v) is 14.3. The summed E-state index contributed by atoms with van der Waals surface area (Å²) in [6.07, 6.45) is -4.40. The number of halogens is 3. The zero-order valence-electron chi connectivity index (χ0n) is 14.3. The molecule has 138 valence electrons. The van der Waals surface area contributed by atoms with Crippen molar-refractivity contribution < 1.29 is 22.7 Å². The molecule has 0 aliphatic rings. The second kappa shape index (κ2) is 8.62. The molecular formula is C16H21F3N4O2. The summed E-state index contributed by atoms with van der Waals surface area (Å²) in [5.74, 6) is 0. The van der Waals surface area contributed by atoms with Gasteiger partial charge in [-0.05, 0) is 56.8 Å². The van der Waals surface area contributed by atoms with Gasteiger partial charge in [0.25, 0.3) is 0 Å². The van der Waals surface area contributed by atoms with Crippen LogP contribution in [-0.2, 0) is 17.3 Å². The number of nitrogens with zero attached hydrogens (tertiary/aromatic N) is 3. The van der Waals surface area contributed by atoms with E-state index in [-0.39, 0.29) is 6.54 Å². The molecule has 0 saturated heterocycles. The van der Waals surface area contributed by atoms with Gasteiger partial charge in [0.1, 0.15) is 5.60 Å². The van der Waals surface area contributed by atoms with Crippen LogP contribution in [0.2, 0.25) is 0 Å². The molecule has 1 aromatic carbocycles. The Balaban J connectivity index is 2.78. The Morgan fingerprint density at radius 1 is 1.28 bits per heavy atom. The number of carbonyl (C=O) groups excluding carboxylic acids is 1. The smallest absolute Gasteiger partial charge is 0.416 e. The van der Waals surface area contributed by atoms with E-state index in [1.54, 1.807) is 20.8 Å². The maximum absolute atomic E-state index is 12.6. The second-order valence-electron chi connectivity index (χ2n) is 6.49. The number of hydrogen-bond donors (Lipinski definition) is 1. The lowest BCUT2D eigenvalue weighted by Crippen LogP contribution is -2.40. The van der Waals surface area contributed by atoms with E-state index in [0.717, 1.165) is 12.1 Å². The highest BCUT2D eigenvalue weighted by Gasteiger charge is 2.30. The SMILES string of the molecule is CC(C)(C)OC(=O)N[C@H](CCN=[N+]=[N-])Cc1ccc(C(F)(F)F)cc1. The second-order valence-corrected chi connectivity index (χ2v) is 6.49. The third-order valence-electron chi connectivity index (χ3n) is 3.13. The Bertz CT molecular complexity index is 618. The summed E-state index contributed by atoms with van der Waals surface area (Å²) in [4.78, 5) is 14.5. The third kappa shape index (κ3) is 8.30. The number of ether oxygens (including phenoxy) is 1. The fourth-order valence-corrected chi connectivity index (χ4v) is 2.07. The molecule has 0 saturated carbocycles. The van der Waals surface area contributed by atoms with Crippen LogP contribution in [0.1, 0.15) is 38.3 Å². The standard InChI is InChI=1S/C16H21F3N4O2/c1-15(2,3)25-14(24)22-13(8-9-21-23-20)10-11-4-6-12(7-5-11)16(17,18)19/h4-7,13H,8-10H2,1-3H3,(H,22,24)/t13-/m1/s1. The molecule has 0 heterocycles. The lowest BCUT2D eigenvalue weighted by molar-refractivity contribution is -0.137. The molecule has 9 heteroatoms. The van der Waals surface area contributed by atoms with E-state index in [4.69, 9.17) is 10.3 Å². The number of rotatable bonds is 6. The Kier molecular flexibility index (Phi) is 7.11. The highest BCUT2D eigenvalue weighted by atomic mass is 19.4. The molecule has 0 bridgehead atoms. The van der Waals surface area contributed by atoms with Gasteiger partial charge < -0.3 is 10.1 Å². The molecule has 1 rings (SSSR count). The van der Waals surface area contributed by atoms with Gasteiger partial charge in [-0.2, -0.15) is 13.2 Å². The first kappa shape index (κ1) is 20.6. The van der Waals surface area contributed by atoms with Crippen molar-refractivity contribution in [2.24, 2.45) is 5.11 Å². The number of amides is 1. The van der Waals surface area contributed by atoms with Crippen molar-refractivity contribution in [2.75, 3.05) is 6.54 Å². The van der Waals surface area contributed by atoms with Gasteiger partial charge in [0, 0.05) is 17.5 Å². The Hall–Kier alpha value is -2.41. The summed E-state index contributed by atoms with van der Waals surface area (Å²) in [7, 11) is 0. The van der Waals surface area contributed by atoms with Crippen molar-refractivity contribution in [3.05, 3.63) is 45.8 Å². The summed E-state index contributed by atoms with van der Waals surface area (Å²) >= 11 is 0. The van der Waals surface area contributed by atoms with Gasteiger partial charge in [0.2, 0.25) is 0 Å². The number of azide groups is 1. The molecule has 1 amide bonds. The van der Waals surface area contributed by atoms with Gasteiger partial charge in [0.05, 0.1) is 5.56 Å². The quantitative estimate of drug-likeness (QED) is 0.448. The van der Waals surface area contributed by atoms with E-state index >= 15 is 0 Å². The summed E-state index contributed by atoms with van der Waals surface area (Å²) in [6, 6.07) is 4.28. The molecule has 0 aliphatic heterocycles. The van der Waals surface area contributed by atoms with Crippen molar-refractivity contribution in [1.82, 2.24) is 5.32 Å². The van der Waals surface area contributed by atoms with Crippen LogP contribution >= 0.6 is 0 Å². The molecule has 1 aromatic rings. The minimum Gasteiger partial charge on any atom is -0.444 e. The highest BCUT2D eigenvalue weighted by Crippen LogP contribution is 2.29. The molecule has 0 spiro atoms. The van der Waals surface area contributed by atoms with Crippen LogP contribution in [0.3, 0.4) is 0 Å². The van der Waals surface area contributed by atoms with Gasteiger partial charge in [-0.15, -0.1) is 0 Å². The topological polar surface area (TPSA) is 87.1 Å². The van der Waals surface area contributed by atoms with E-state index in [1.807, 2.05) is 0 Å². The molecule has 0 unspecified atom stereocenters. The summed E-state index contributed by atoms with van der Waals surface area (Å²) < 4.78 is 43.0. The van der Waals surface area contributed by atoms with Crippen molar-refractivity contribution in [1.29, 1.82) is 0 Å². The Morgan fingerprint density at radius 3 is 2.36 bits per heavy atom. The molecule has 0 fully saturated rings. The van der Waals surface area contributed by atoms with Gasteiger partial charge in [0.15, 0.2) is 0 Å². The lowest BCUT2D eigenvalue weighted by atomic mass is 10.0. The number of benzene rings is 1. The number of hydrogen-bond acceptors (Lipinski definition) is 3. The molecule has 6 nitrogen and oxygen atoms in total. The van der Waals surface area contributed by atoms with Gasteiger partial charge in [-0.25, -0.2) is 4.79 Å². The van der Waals surface area contributed by atoms with E-state index in [2.05, 4.69) is 15.3 Å². The molecule has 0 aliphatic carbocycles. The largest absolute Gasteiger partial charge is 0.444 e. The average Bonchev–Trinajstić information content (AvgIpc) is 2.45. The van der Waals surface area contributed by atoms with Gasteiger partial charge in [-0.1, -0.05) is 17.2 Å². The van der Waals surface area contributed by atoms with Crippen LogP contribution in [0, 0.1) is 0 Å². The molecule has 1 atom stereocenters. The number of carbonyl (C=O) groups is 1. The maximum atomic E-state index is 12.6. The number of nitrogens with one attached hydrogen (secondary N) is 1. The normalized spacial score (nSPS) is 12.9. The van der Waals surface area contributed by atoms with E-state index in [9.17, 15) is 18.0 Å². The predicted octanol–water partition coefficient (Wildman–Crippen LogP) is 4.84. The molecule has 1 N–H and O–H groups in total. The number of alkyl halides is 3. The van der Waals surface area contributed by atoms with Crippen LogP contribution in [0.4, 0.5) is 18.0 Å². The first-order valence-corrected chi connectivity index (χ1v) is 7.68.